The summed E-state index contributed by atoms with van der Waals surface area (Å²) < 4.78 is 0. The summed E-state index contributed by atoms with van der Waals surface area (Å²) in [6.45, 7) is -0.703. The van der Waals surface area contributed by atoms with Gasteiger partial charge >= 0.3 is 0 Å². The maximum atomic E-state index is 8.86. The van der Waals surface area contributed by atoms with Gasteiger partial charge in [-0.15, -0.1) is 0 Å². The van der Waals surface area contributed by atoms with Crippen molar-refractivity contribution in [1.29, 1.82) is 0 Å². The molecule has 11 heavy (non-hydrogen) atoms. The van der Waals surface area contributed by atoms with Crippen molar-refractivity contribution in [3.05, 3.63) is 0 Å². The standard InChI is InChI=1S/C5H13NO5/c6-5(11)4(10)3(9)2(8)1-7/h2-5,7-11H,1,6H2/t2-,3-,4+,5-/m0/s1. The molecular weight excluding hydrogens is 154 g/mol. The molecule has 7 N–H and O–H groups in total. The summed E-state index contributed by atoms with van der Waals surface area (Å²) in [6, 6.07) is 0. The molecule has 0 aliphatic carbocycles. The Balaban J connectivity index is 3.90. The number of hydrogen-bond acceptors (Lipinski definition) is 6. The lowest BCUT2D eigenvalue weighted by Gasteiger charge is -2.22. The molecule has 0 saturated heterocycles. The van der Waals surface area contributed by atoms with Crippen molar-refractivity contribution in [3.63, 3.8) is 0 Å². The highest BCUT2D eigenvalue weighted by molar-refractivity contribution is 4.77. The van der Waals surface area contributed by atoms with E-state index < -0.39 is 31.1 Å². The van der Waals surface area contributed by atoms with Crippen LogP contribution in [0, 0.1) is 0 Å². The third kappa shape index (κ3) is 3.10. The third-order valence-electron chi connectivity index (χ3n) is 1.28. The molecule has 6 nitrogen and oxygen atoms in total. The lowest BCUT2D eigenvalue weighted by molar-refractivity contribution is -0.113. The van der Waals surface area contributed by atoms with Crippen LogP contribution in [0.5, 0.6) is 0 Å². The Kier molecular flexibility index (Phi) is 4.50. The Hall–Kier alpha value is -0.240. The summed E-state index contributed by atoms with van der Waals surface area (Å²) in [5.74, 6) is 0. The number of nitrogens with two attached hydrogens (primary N) is 1. The van der Waals surface area contributed by atoms with Crippen molar-refractivity contribution in [1.82, 2.24) is 0 Å². The Bertz CT molecular complexity index is 109. The molecule has 0 fully saturated rings. The van der Waals surface area contributed by atoms with E-state index in [1.807, 2.05) is 0 Å². The molecule has 0 aromatic rings. The van der Waals surface area contributed by atoms with E-state index in [9.17, 15) is 0 Å². The summed E-state index contributed by atoms with van der Waals surface area (Å²) in [5, 5.41) is 43.2. The zero-order valence-electron chi connectivity index (χ0n) is 5.83. The maximum absolute atomic E-state index is 8.86. The molecule has 0 aliphatic heterocycles. The Labute approximate surface area is 63.5 Å². The van der Waals surface area contributed by atoms with Crippen LogP contribution in [0.25, 0.3) is 0 Å². The second kappa shape index (κ2) is 4.60. The molecule has 0 unspecified atom stereocenters. The third-order valence-corrected chi connectivity index (χ3v) is 1.28. The first kappa shape index (κ1) is 10.8. The largest absolute Gasteiger partial charge is 0.394 e. The van der Waals surface area contributed by atoms with E-state index in [1.54, 1.807) is 0 Å². The first-order valence-electron chi connectivity index (χ1n) is 3.09. The highest BCUT2D eigenvalue weighted by Crippen LogP contribution is 2.00. The minimum Gasteiger partial charge on any atom is -0.394 e. The van der Waals surface area contributed by atoms with Gasteiger partial charge in [0.25, 0.3) is 0 Å². The fourth-order valence-corrected chi connectivity index (χ4v) is 0.538. The van der Waals surface area contributed by atoms with Crippen LogP contribution in [0.3, 0.4) is 0 Å². The molecule has 0 bridgehead atoms. The van der Waals surface area contributed by atoms with Gasteiger partial charge in [-0.2, -0.15) is 0 Å². The molecule has 68 valence electrons. The van der Waals surface area contributed by atoms with Gasteiger partial charge in [-0.05, 0) is 0 Å². The van der Waals surface area contributed by atoms with Gasteiger partial charge in [0.1, 0.15) is 24.5 Å². The highest BCUT2D eigenvalue weighted by atomic mass is 16.4. The number of aliphatic hydroxyl groups is 5. The highest BCUT2D eigenvalue weighted by Gasteiger charge is 2.27. The SMILES string of the molecule is N[C@@H](O)[C@H](O)[C@@H](O)[C@@H](O)CO. The van der Waals surface area contributed by atoms with Crippen LogP contribution in [-0.2, 0) is 0 Å². The summed E-state index contributed by atoms with van der Waals surface area (Å²) in [7, 11) is 0. The molecule has 0 amide bonds. The fraction of sp³-hybridized carbons (Fsp3) is 1.00. The Morgan fingerprint density at radius 3 is 1.73 bits per heavy atom. The van der Waals surface area contributed by atoms with Crippen LogP contribution in [0.1, 0.15) is 0 Å². The van der Waals surface area contributed by atoms with E-state index in [-0.39, 0.29) is 0 Å². The fourth-order valence-electron chi connectivity index (χ4n) is 0.538. The Morgan fingerprint density at radius 2 is 1.45 bits per heavy atom. The van der Waals surface area contributed by atoms with Gasteiger partial charge in [0, 0.05) is 0 Å². The Morgan fingerprint density at radius 1 is 1.00 bits per heavy atom. The molecule has 0 aliphatic rings. The minimum atomic E-state index is -1.66. The average Bonchev–Trinajstić information content (AvgIpc) is 2.00. The molecule has 0 rings (SSSR count). The van der Waals surface area contributed by atoms with Gasteiger partial charge in [-0.3, -0.25) is 0 Å². The quantitative estimate of drug-likeness (QED) is 0.239. The van der Waals surface area contributed by atoms with Crippen molar-refractivity contribution in [2.75, 3.05) is 6.61 Å². The van der Waals surface area contributed by atoms with E-state index in [2.05, 4.69) is 0 Å². The normalized spacial score (nSPS) is 22.4. The van der Waals surface area contributed by atoms with Crippen molar-refractivity contribution in [3.8, 4) is 0 Å². The lowest BCUT2D eigenvalue weighted by atomic mass is 10.1. The van der Waals surface area contributed by atoms with Gasteiger partial charge in [0.2, 0.25) is 0 Å². The molecule has 0 aromatic carbocycles. The van der Waals surface area contributed by atoms with E-state index in [0.717, 1.165) is 0 Å². The summed E-state index contributed by atoms with van der Waals surface area (Å²) >= 11 is 0. The minimum absolute atomic E-state index is 0.703. The van der Waals surface area contributed by atoms with Crippen molar-refractivity contribution in [2.45, 2.75) is 24.5 Å². The molecular formula is C5H13NO5. The first-order valence-corrected chi connectivity index (χ1v) is 3.09. The summed E-state index contributed by atoms with van der Waals surface area (Å²) in [6.07, 6.45) is -6.42. The van der Waals surface area contributed by atoms with Crippen LogP contribution in [0.4, 0.5) is 0 Å². The van der Waals surface area contributed by atoms with Gasteiger partial charge in [0.05, 0.1) is 6.61 Å². The average molecular weight is 167 g/mol. The molecule has 4 atom stereocenters. The topological polar surface area (TPSA) is 127 Å². The molecule has 0 radical (unpaired) electrons. The number of hydrogen-bond donors (Lipinski definition) is 6. The zero-order valence-corrected chi connectivity index (χ0v) is 5.83. The molecule has 0 aromatic heterocycles. The van der Waals surface area contributed by atoms with Crippen LogP contribution < -0.4 is 5.73 Å². The number of aliphatic hydroxyl groups excluding tert-OH is 5. The van der Waals surface area contributed by atoms with Gasteiger partial charge in [0.15, 0.2) is 0 Å². The lowest BCUT2D eigenvalue weighted by Crippen LogP contribution is -2.49. The van der Waals surface area contributed by atoms with Crippen molar-refractivity contribution < 1.29 is 25.5 Å². The second-order valence-corrected chi connectivity index (χ2v) is 2.22. The van der Waals surface area contributed by atoms with E-state index >= 15 is 0 Å². The van der Waals surface area contributed by atoms with Crippen LogP contribution in [-0.4, -0.2) is 56.7 Å². The molecule has 0 saturated carbocycles. The predicted octanol–water partition coefficient (Wildman–Crippen LogP) is -3.66. The zero-order chi connectivity index (χ0) is 9.02. The summed E-state index contributed by atoms with van der Waals surface area (Å²) in [4.78, 5) is 0. The first-order chi connectivity index (χ1) is 5.00. The van der Waals surface area contributed by atoms with Gasteiger partial charge in [-0.1, -0.05) is 0 Å². The van der Waals surface area contributed by atoms with Crippen LogP contribution >= 0.6 is 0 Å². The van der Waals surface area contributed by atoms with Gasteiger partial charge < -0.3 is 31.3 Å². The monoisotopic (exact) mass is 167 g/mol. The van der Waals surface area contributed by atoms with E-state index in [0.29, 0.717) is 0 Å². The van der Waals surface area contributed by atoms with E-state index in [4.69, 9.17) is 31.3 Å². The molecule has 6 heteroatoms. The van der Waals surface area contributed by atoms with Crippen LogP contribution in [0.15, 0.2) is 0 Å². The molecule has 0 heterocycles. The van der Waals surface area contributed by atoms with Crippen molar-refractivity contribution >= 4 is 0 Å². The smallest absolute Gasteiger partial charge is 0.131 e. The predicted molar refractivity (Wildman–Crippen MR) is 35.3 cm³/mol. The molecule has 0 spiro atoms. The van der Waals surface area contributed by atoms with Crippen LogP contribution in [0.2, 0.25) is 0 Å². The van der Waals surface area contributed by atoms with E-state index in [1.165, 1.54) is 0 Å². The second-order valence-electron chi connectivity index (χ2n) is 2.22. The number of rotatable bonds is 4. The van der Waals surface area contributed by atoms with Gasteiger partial charge in [-0.25, -0.2) is 0 Å². The summed E-state index contributed by atoms with van der Waals surface area (Å²) in [5.41, 5.74) is 4.78. The maximum Gasteiger partial charge on any atom is 0.131 e. The van der Waals surface area contributed by atoms with Crippen molar-refractivity contribution in [2.24, 2.45) is 5.73 Å².